The molecular formula is C14H22N2O3S. The van der Waals surface area contributed by atoms with Gasteiger partial charge in [0.05, 0.1) is 5.75 Å². The van der Waals surface area contributed by atoms with Gasteiger partial charge in [0, 0.05) is 18.3 Å². The average molecular weight is 298 g/mol. The Labute approximate surface area is 120 Å². The predicted molar refractivity (Wildman–Crippen MR) is 80.2 cm³/mol. The number of benzene rings is 1. The van der Waals surface area contributed by atoms with Crippen LogP contribution in [0.25, 0.3) is 0 Å². The Morgan fingerprint density at radius 1 is 1.30 bits per heavy atom. The second-order valence-electron chi connectivity index (χ2n) is 5.08. The molecule has 0 aliphatic heterocycles. The molecule has 0 radical (unpaired) electrons. The highest BCUT2D eigenvalue weighted by Crippen LogP contribution is 2.29. The van der Waals surface area contributed by atoms with Crippen molar-refractivity contribution in [3.8, 4) is 5.75 Å². The van der Waals surface area contributed by atoms with E-state index in [1.54, 1.807) is 28.6 Å². The lowest BCUT2D eigenvalue weighted by Gasteiger charge is -2.21. The van der Waals surface area contributed by atoms with Gasteiger partial charge in [0.1, 0.15) is 12.4 Å². The highest BCUT2D eigenvalue weighted by atomic mass is 32.2. The van der Waals surface area contributed by atoms with Crippen molar-refractivity contribution in [1.82, 2.24) is 4.31 Å². The maximum atomic E-state index is 12.3. The number of hydrogen-bond acceptors (Lipinski definition) is 4. The van der Waals surface area contributed by atoms with Crippen molar-refractivity contribution in [3.05, 3.63) is 24.3 Å². The number of ether oxygens (including phenoxy) is 1. The van der Waals surface area contributed by atoms with Crippen LogP contribution in [0.5, 0.6) is 5.75 Å². The summed E-state index contributed by atoms with van der Waals surface area (Å²) in [5, 5.41) is 0. The van der Waals surface area contributed by atoms with Crippen molar-refractivity contribution in [2.75, 3.05) is 24.6 Å². The van der Waals surface area contributed by atoms with Crippen LogP contribution in [0.1, 0.15) is 26.2 Å². The van der Waals surface area contributed by atoms with Crippen molar-refractivity contribution >= 4 is 15.7 Å². The summed E-state index contributed by atoms with van der Waals surface area (Å²) < 4.78 is 31.6. The molecule has 2 N–H and O–H groups in total. The van der Waals surface area contributed by atoms with Crippen LogP contribution in [-0.2, 0) is 10.0 Å². The molecule has 2 rings (SSSR count). The summed E-state index contributed by atoms with van der Waals surface area (Å²) in [4.78, 5) is 0. The first-order chi connectivity index (χ1) is 9.53. The van der Waals surface area contributed by atoms with Gasteiger partial charge in [0.2, 0.25) is 10.0 Å². The summed E-state index contributed by atoms with van der Waals surface area (Å²) in [6, 6.07) is 7.17. The molecule has 112 valence electrons. The van der Waals surface area contributed by atoms with Crippen LogP contribution < -0.4 is 10.5 Å². The first kappa shape index (κ1) is 15.1. The van der Waals surface area contributed by atoms with Crippen LogP contribution in [0, 0.1) is 0 Å². The van der Waals surface area contributed by atoms with Gasteiger partial charge in [-0.15, -0.1) is 0 Å². The SMILES string of the molecule is CCCN(C1CC1)S(=O)(=O)CCOc1ccc(N)cc1. The lowest BCUT2D eigenvalue weighted by molar-refractivity contribution is 0.332. The van der Waals surface area contributed by atoms with Gasteiger partial charge in [-0.3, -0.25) is 0 Å². The summed E-state index contributed by atoms with van der Waals surface area (Å²) in [7, 11) is -3.22. The van der Waals surface area contributed by atoms with Crippen LogP contribution in [-0.4, -0.2) is 37.7 Å². The summed E-state index contributed by atoms with van der Waals surface area (Å²) >= 11 is 0. The lowest BCUT2D eigenvalue weighted by atomic mass is 10.3. The molecule has 0 amide bonds. The number of sulfonamides is 1. The molecule has 5 nitrogen and oxygen atoms in total. The van der Waals surface area contributed by atoms with Gasteiger partial charge in [-0.05, 0) is 43.5 Å². The van der Waals surface area contributed by atoms with E-state index in [4.69, 9.17) is 10.5 Å². The summed E-state index contributed by atoms with van der Waals surface area (Å²) in [6.45, 7) is 2.77. The topological polar surface area (TPSA) is 72.6 Å². The Kier molecular flexibility index (Phi) is 4.88. The van der Waals surface area contributed by atoms with Crippen LogP contribution in [0.3, 0.4) is 0 Å². The van der Waals surface area contributed by atoms with E-state index in [9.17, 15) is 8.42 Å². The van der Waals surface area contributed by atoms with E-state index in [0.717, 1.165) is 19.3 Å². The van der Waals surface area contributed by atoms with Gasteiger partial charge in [-0.2, -0.15) is 4.31 Å². The fraction of sp³-hybridized carbons (Fsp3) is 0.571. The van der Waals surface area contributed by atoms with E-state index in [-0.39, 0.29) is 18.4 Å². The molecule has 0 saturated heterocycles. The third-order valence-electron chi connectivity index (χ3n) is 3.25. The first-order valence-electron chi connectivity index (χ1n) is 7.01. The van der Waals surface area contributed by atoms with Gasteiger partial charge in [0.15, 0.2) is 0 Å². The number of rotatable bonds is 8. The van der Waals surface area contributed by atoms with Crippen molar-refractivity contribution in [1.29, 1.82) is 0 Å². The van der Waals surface area contributed by atoms with E-state index < -0.39 is 10.0 Å². The van der Waals surface area contributed by atoms with Crippen molar-refractivity contribution in [2.24, 2.45) is 0 Å². The van der Waals surface area contributed by atoms with E-state index in [0.29, 0.717) is 18.0 Å². The third kappa shape index (κ3) is 4.11. The maximum absolute atomic E-state index is 12.3. The Bertz CT molecular complexity index is 524. The molecule has 0 unspecified atom stereocenters. The smallest absolute Gasteiger partial charge is 0.217 e. The van der Waals surface area contributed by atoms with Crippen molar-refractivity contribution in [3.63, 3.8) is 0 Å². The van der Waals surface area contributed by atoms with Crippen LogP contribution in [0.4, 0.5) is 5.69 Å². The molecule has 0 atom stereocenters. The molecule has 0 spiro atoms. The third-order valence-corrected chi connectivity index (χ3v) is 5.12. The van der Waals surface area contributed by atoms with Crippen LogP contribution >= 0.6 is 0 Å². The Morgan fingerprint density at radius 3 is 2.50 bits per heavy atom. The zero-order valence-corrected chi connectivity index (χ0v) is 12.6. The number of nitrogen functional groups attached to an aromatic ring is 1. The molecule has 0 bridgehead atoms. The Balaban J connectivity index is 1.86. The number of hydrogen-bond donors (Lipinski definition) is 1. The largest absolute Gasteiger partial charge is 0.492 e. The molecule has 1 aliphatic carbocycles. The zero-order valence-electron chi connectivity index (χ0n) is 11.8. The molecule has 1 aromatic rings. The lowest BCUT2D eigenvalue weighted by Crippen LogP contribution is -2.37. The minimum absolute atomic E-state index is 0.0217. The highest BCUT2D eigenvalue weighted by molar-refractivity contribution is 7.89. The van der Waals surface area contributed by atoms with E-state index >= 15 is 0 Å². The summed E-state index contributed by atoms with van der Waals surface area (Å²) in [5.74, 6) is 0.663. The molecular weight excluding hydrogens is 276 g/mol. The zero-order chi connectivity index (χ0) is 14.6. The number of nitrogens with two attached hydrogens (primary N) is 1. The fourth-order valence-electron chi connectivity index (χ4n) is 2.08. The maximum Gasteiger partial charge on any atom is 0.217 e. The van der Waals surface area contributed by atoms with Gasteiger partial charge in [-0.25, -0.2) is 8.42 Å². The first-order valence-corrected chi connectivity index (χ1v) is 8.61. The fourth-order valence-corrected chi connectivity index (χ4v) is 3.73. The second-order valence-corrected chi connectivity index (χ2v) is 7.12. The highest BCUT2D eigenvalue weighted by Gasteiger charge is 2.36. The predicted octanol–water partition coefficient (Wildman–Crippen LogP) is 1.85. The normalized spacial score (nSPS) is 15.5. The van der Waals surface area contributed by atoms with E-state index in [2.05, 4.69) is 0 Å². The quantitative estimate of drug-likeness (QED) is 0.743. The van der Waals surface area contributed by atoms with Crippen molar-refractivity contribution in [2.45, 2.75) is 32.2 Å². The molecule has 0 aromatic heterocycles. The van der Waals surface area contributed by atoms with E-state index in [1.807, 2.05) is 6.92 Å². The van der Waals surface area contributed by atoms with Crippen LogP contribution in [0.15, 0.2) is 24.3 Å². The summed E-state index contributed by atoms with van der Waals surface area (Å²) in [5.41, 5.74) is 6.24. The summed E-state index contributed by atoms with van der Waals surface area (Å²) in [6.07, 6.45) is 2.81. The Morgan fingerprint density at radius 2 is 1.95 bits per heavy atom. The van der Waals surface area contributed by atoms with Gasteiger partial charge in [-0.1, -0.05) is 6.92 Å². The molecule has 1 fully saturated rings. The second kappa shape index (κ2) is 6.45. The molecule has 6 heteroatoms. The molecule has 20 heavy (non-hydrogen) atoms. The standard InChI is InChI=1S/C14H22N2O3S/c1-2-9-16(13-5-6-13)20(17,18)11-10-19-14-7-3-12(15)4-8-14/h3-4,7-8,13H,2,5-6,9-11,15H2,1H3. The molecule has 0 heterocycles. The number of nitrogens with zero attached hydrogens (tertiary/aromatic N) is 1. The van der Waals surface area contributed by atoms with Crippen LogP contribution in [0.2, 0.25) is 0 Å². The monoisotopic (exact) mass is 298 g/mol. The number of anilines is 1. The minimum Gasteiger partial charge on any atom is -0.492 e. The van der Waals surface area contributed by atoms with Gasteiger partial charge < -0.3 is 10.5 Å². The molecule has 1 aromatic carbocycles. The minimum atomic E-state index is -3.22. The molecule has 1 saturated carbocycles. The average Bonchev–Trinajstić information content (AvgIpc) is 3.22. The van der Waals surface area contributed by atoms with Crippen molar-refractivity contribution < 1.29 is 13.2 Å². The van der Waals surface area contributed by atoms with Gasteiger partial charge in [0.25, 0.3) is 0 Å². The Hall–Kier alpha value is -1.27. The van der Waals surface area contributed by atoms with Gasteiger partial charge >= 0.3 is 0 Å². The van der Waals surface area contributed by atoms with E-state index in [1.165, 1.54) is 0 Å². The molecule has 1 aliphatic rings.